The Morgan fingerprint density at radius 2 is 1.60 bits per heavy atom. The van der Waals surface area contributed by atoms with E-state index in [4.69, 9.17) is 0 Å². The van der Waals surface area contributed by atoms with Gasteiger partial charge in [0.05, 0.1) is 22.2 Å². The van der Waals surface area contributed by atoms with E-state index in [-0.39, 0.29) is 22.5 Å². The third-order valence-electron chi connectivity index (χ3n) is 10.4. The van der Waals surface area contributed by atoms with Gasteiger partial charge in [-0.05, 0) is 90.7 Å². The quantitative estimate of drug-likeness (QED) is 0.458. The second-order valence-electron chi connectivity index (χ2n) is 13.7. The Labute approximate surface area is 269 Å². The number of aromatic nitrogens is 2. The lowest BCUT2D eigenvalue weighted by Gasteiger charge is -2.49. The number of aryl methyl sites for hydroxylation is 2. The van der Waals surface area contributed by atoms with Gasteiger partial charge in [-0.1, -0.05) is 18.2 Å². The Hall–Kier alpha value is -2.47. The van der Waals surface area contributed by atoms with Crippen LogP contribution in [0.1, 0.15) is 80.5 Å². The van der Waals surface area contributed by atoms with E-state index in [1.807, 2.05) is 18.7 Å². The third-order valence-corrected chi connectivity index (χ3v) is 12.8. The van der Waals surface area contributed by atoms with Crippen LogP contribution in [0, 0.1) is 25.6 Å². The molecule has 1 aromatic carbocycles. The van der Waals surface area contributed by atoms with Crippen LogP contribution >= 0.6 is 0 Å². The number of carbonyl (C=O) groups excluding carboxylic acids is 1. The summed E-state index contributed by atoms with van der Waals surface area (Å²) in [5, 5.41) is -0.0942. The van der Waals surface area contributed by atoms with Crippen LogP contribution in [-0.2, 0) is 10.0 Å². The van der Waals surface area contributed by atoms with Crippen LogP contribution < -0.4 is 0 Å². The van der Waals surface area contributed by atoms with Gasteiger partial charge in [0.2, 0.25) is 10.0 Å². The maximum atomic E-state index is 13.4. The highest BCUT2D eigenvalue weighted by molar-refractivity contribution is 7.90. The van der Waals surface area contributed by atoms with E-state index < -0.39 is 10.0 Å². The second kappa shape index (κ2) is 14.5. The molecule has 2 aromatic rings. The molecule has 2 atom stereocenters. The summed E-state index contributed by atoms with van der Waals surface area (Å²) in [7, 11) is -3.03. The molecule has 3 aliphatic heterocycles. The third kappa shape index (κ3) is 8.28. The summed E-state index contributed by atoms with van der Waals surface area (Å²) in [6.45, 7) is 15.7. The molecule has 248 valence electrons. The van der Waals surface area contributed by atoms with Crippen LogP contribution in [0.5, 0.6) is 0 Å². The Bertz CT molecular complexity index is 1380. The van der Waals surface area contributed by atoms with Crippen molar-refractivity contribution in [3.8, 4) is 0 Å². The van der Waals surface area contributed by atoms with Crippen LogP contribution in [0.15, 0.2) is 36.7 Å². The first kappa shape index (κ1) is 33.9. The number of piperazine rings is 1. The van der Waals surface area contributed by atoms with Crippen LogP contribution in [0.4, 0.5) is 4.39 Å². The zero-order valence-corrected chi connectivity index (χ0v) is 28.3. The molecule has 1 saturated carbocycles. The van der Waals surface area contributed by atoms with Gasteiger partial charge in [0.25, 0.3) is 5.91 Å². The smallest absolute Gasteiger partial charge is 0.257 e. The minimum atomic E-state index is -3.03. The maximum Gasteiger partial charge on any atom is 0.257 e. The lowest BCUT2D eigenvalue weighted by atomic mass is 9.89. The van der Waals surface area contributed by atoms with E-state index in [1.165, 1.54) is 18.5 Å². The number of hydrogen-bond donors (Lipinski definition) is 0. The summed E-state index contributed by atoms with van der Waals surface area (Å²) in [5.74, 6) is 0.470. The van der Waals surface area contributed by atoms with Gasteiger partial charge < -0.3 is 4.90 Å². The molecule has 0 spiro atoms. The van der Waals surface area contributed by atoms with E-state index in [1.54, 1.807) is 22.5 Å². The van der Waals surface area contributed by atoms with Crippen molar-refractivity contribution in [2.75, 3.05) is 52.4 Å². The second-order valence-corrected chi connectivity index (χ2v) is 15.9. The molecule has 1 aromatic heterocycles. The Balaban J connectivity index is 0.000000505. The summed E-state index contributed by atoms with van der Waals surface area (Å²) < 4.78 is 38.8. The summed E-state index contributed by atoms with van der Waals surface area (Å²) in [6.07, 6.45) is 8.26. The van der Waals surface area contributed by atoms with Crippen LogP contribution in [0.2, 0.25) is 0 Å². The molecule has 4 fully saturated rings. The molecule has 11 heteroatoms. The first-order valence-corrected chi connectivity index (χ1v) is 18.2. The van der Waals surface area contributed by atoms with Gasteiger partial charge in [-0.15, -0.1) is 0 Å². The Kier molecular flexibility index (Phi) is 10.9. The number of likely N-dealkylation sites (tertiary alicyclic amines) is 1. The average Bonchev–Trinajstić information content (AvgIpc) is 3.88. The van der Waals surface area contributed by atoms with Gasteiger partial charge in [-0.2, -0.15) is 0 Å². The van der Waals surface area contributed by atoms with Crippen LogP contribution in [0.25, 0.3) is 0 Å². The fraction of sp³-hybridized carbons (Fsp3) is 0.676. The molecular weight excluding hydrogens is 591 g/mol. The van der Waals surface area contributed by atoms with Crippen LogP contribution in [0.3, 0.4) is 0 Å². The molecule has 1 amide bonds. The number of halogens is 1. The number of nitrogens with zero attached hydrogens (tertiary/aromatic N) is 6. The van der Waals surface area contributed by atoms with Crippen molar-refractivity contribution in [3.63, 3.8) is 0 Å². The number of benzene rings is 1. The van der Waals surface area contributed by atoms with Gasteiger partial charge in [0.15, 0.2) is 0 Å². The lowest BCUT2D eigenvalue weighted by molar-refractivity contribution is -0.00272. The number of hydrogen-bond acceptors (Lipinski definition) is 7. The summed E-state index contributed by atoms with van der Waals surface area (Å²) in [5.41, 5.74) is 2.27. The molecule has 1 unspecified atom stereocenters. The molecule has 4 heterocycles. The minimum Gasteiger partial charge on any atom is -0.338 e. The van der Waals surface area contributed by atoms with E-state index in [9.17, 15) is 17.6 Å². The first-order valence-electron chi connectivity index (χ1n) is 16.7. The van der Waals surface area contributed by atoms with Crippen molar-refractivity contribution in [1.82, 2.24) is 29.0 Å². The van der Waals surface area contributed by atoms with Crippen LogP contribution in [-0.4, -0.2) is 112 Å². The van der Waals surface area contributed by atoms with Crippen molar-refractivity contribution in [2.45, 2.75) is 89.5 Å². The predicted molar refractivity (Wildman–Crippen MR) is 175 cm³/mol. The van der Waals surface area contributed by atoms with Gasteiger partial charge in [0.1, 0.15) is 12.1 Å². The summed E-state index contributed by atoms with van der Waals surface area (Å²) in [6, 6.07) is 8.41. The zero-order chi connectivity index (χ0) is 32.2. The highest BCUT2D eigenvalue weighted by Gasteiger charge is 2.42. The highest BCUT2D eigenvalue weighted by atomic mass is 32.2. The van der Waals surface area contributed by atoms with Gasteiger partial charge >= 0.3 is 0 Å². The molecular formula is C34H51FN6O3S. The van der Waals surface area contributed by atoms with Gasteiger partial charge in [-0.3, -0.25) is 14.6 Å². The first-order chi connectivity index (χ1) is 21.5. The van der Waals surface area contributed by atoms with E-state index in [2.05, 4.69) is 33.6 Å². The molecule has 0 N–H and O–H groups in total. The standard InChI is InChI=1S/C28H46N6O3S.C6H5F/c1-21-18-33(17-16-32(21)19-24-8-13-34(14-9-24)38(36,37)25-6-7-25)28(4)10-5-12-31(15-11-28)27(35)26-22(2)29-20-30-23(26)3;7-6-4-2-1-3-5-6/h20-21,24-25H,5-19H2,1-4H3;1-5H/t21-,28?;/m0./s1. The summed E-state index contributed by atoms with van der Waals surface area (Å²) in [4.78, 5) is 29.2. The number of amides is 1. The SMILES string of the molecule is Cc1ncnc(C)c1C(=O)N1CCCC(C)(N2CCN(CC3CCN(S(=O)(=O)C4CC4)CC3)[C@@H](C)C2)CC1.Fc1ccccc1. The van der Waals surface area contributed by atoms with E-state index >= 15 is 0 Å². The molecule has 6 rings (SSSR count). The van der Waals surface area contributed by atoms with Crippen molar-refractivity contribution in [2.24, 2.45) is 5.92 Å². The normalized spacial score (nSPS) is 26.2. The van der Waals surface area contributed by atoms with E-state index in [0.717, 1.165) is 95.6 Å². The molecule has 0 bridgehead atoms. The predicted octanol–water partition coefficient (Wildman–Crippen LogP) is 4.51. The topological polar surface area (TPSA) is 90.0 Å². The molecule has 0 radical (unpaired) electrons. The van der Waals surface area contributed by atoms with Gasteiger partial charge in [-0.25, -0.2) is 27.1 Å². The van der Waals surface area contributed by atoms with Crippen molar-refractivity contribution >= 4 is 15.9 Å². The van der Waals surface area contributed by atoms with Crippen molar-refractivity contribution < 1.29 is 17.6 Å². The Morgan fingerprint density at radius 1 is 0.933 bits per heavy atom. The molecule has 9 nitrogen and oxygen atoms in total. The monoisotopic (exact) mass is 642 g/mol. The summed E-state index contributed by atoms with van der Waals surface area (Å²) >= 11 is 0. The molecule has 4 aliphatic rings. The zero-order valence-electron chi connectivity index (χ0n) is 27.5. The number of sulfonamides is 1. The molecule has 45 heavy (non-hydrogen) atoms. The largest absolute Gasteiger partial charge is 0.338 e. The van der Waals surface area contributed by atoms with Gasteiger partial charge in [0, 0.05) is 63.9 Å². The average molecular weight is 643 g/mol. The molecule has 1 aliphatic carbocycles. The minimum absolute atomic E-state index is 0.0685. The molecule has 3 saturated heterocycles. The fourth-order valence-corrected chi connectivity index (χ4v) is 9.14. The Morgan fingerprint density at radius 3 is 2.18 bits per heavy atom. The van der Waals surface area contributed by atoms with Crippen molar-refractivity contribution in [3.05, 3.63) is 59.4 Å². The number of rotatable bonds is 6. The number of carbonyl (C=O) groups is 1. The maximum absolute atomic E-state index is 13.4. The van der Waals surface area contributed by atoms with Crippen molar-refractivity contribution in [1.29, 1.82) is 0 Å². The fourth-order valence-electron chi connectivity index (χ4n) is 7.27. The lowest BCUT2D eigenvalue weighted by Crippen LogP contribution is -2.60. The highest BCUT2D eigenvalue weighted by Crippen LogP contribution is 2.34. The van der Waals surface area contributed by atoms with E-state index in [0.29, 0.717) is 30.6 Å². The number of piperidine rings is 1.